The lowest BCUT2D eigenvalue weighted by Crippen LogP contribution is -2.61. The molecule has 2 unspecified atom stereocenters. The first kappa shape index (κ1) is 18.7. The maximum Gasteiger partial charge on any atom is 0.427 e. The van der Waals surface area contributed by atoms with Crippen LogP contribution < -0.4 is 9.80 Å². The van der Waals surface area contributed by atoms with Gasteiger partial charge < -0.3 is 4.74 Å². The van der Waals surface area contributed by atoms with Crippen molar-refractivity contribution in [2.24, 2.45) is 0 Å². The zero-order chi connectivity index (χ0) is 18.9. The summed E-state index contributed by atoms with van der Waals surface area (Å²) in [6.07, 6.45) is 0. The van der Waals surface area contributed by atoms with Gasteiger partial charge in [0.25, 0.3) is 0 Å². The fraction of sp³-hybridized carbons (Fsp3) is 0.263. The molecule has 1 N–H and O–H groups in total. The zero-order valence-corrected chi connectivity index (χ0v) is 16.0. The molecular weight excluding hydrogens is 375 g/mol. The Bertz CT molecular complexity index is 872. The van der Waals surface area contributed by atoms with Crippen LogP contribution in [0.2, 0.25) is 10.0 Å². The van der Waals surface area contributed by atoms with E-state index in [0.29, 0.717) is 15.7 Å². The topological polar surface area (TPSA) is 55.4 Å². The molecule has 0 saturated carbocycles. The molecule has 5 nitrogen and oxygen atoms in total. The van der Waals surface area contributed by atoms with Crippen LogP contribution in [0.25, 0.3) is 0 Å². The Morgan fingerprint density at radius 3 is 2.62 bits per heavy atom. The number of carbonyl (C=O) groups excluding carboxylic acids is 2. The Hall–Kier alpha value is -2.08. The Morgan fingerprint density at radius 2 is 1.92 bits per heavy atom. The summed E-state index contributed by atoms with van der Waals surface area (Å²) >= 11 is 12.1. The van der Waals surface area contributed by atoms with Crippen LogP contribution in [0.1, 0.15) is 19.4 Å². The Labute approximate surface area is 162 Å². The maximum absolute atomic E-state index is 13.1. The first-order valence-electron chi connectivity index (χ1n) is 8.29. The molecule has 0 spiro atoms. The summed E-state index contributed by atoms with van der Waals surface area (Å²) in [5, 5.41) is 3.72. The highest BCUT2D eigenvalue weighted by atomic mass is 35.5. The number of urea groups is 1. The van der Waals surface area contributed by atoms with Gasteiger partial charge in [0.05, 0.1) is 16.7 Å². The lowest BCUT2D eigenvalue weighted by Gasteiger charge is -2.34. The lowest BCUT2D eigenvalue weighted by molar-refractivity contribution is -0.147. The molecule has 2 aromatic rings. The van der Waals surface area contributed by atoms with Crippen molar-refractivity contribution in [1.29, 1.82) is 0 Å². The predicted molar refractivity (Wildman–Crippen MR) is 104 cm³/mol. The van der Waals surface area contributed by atoms with Gasteiger partial charge in [-0.1, -0.05) is 41.4 Å². The second-order valence-corrected chi connectivity index (χ2v) is 6.97. The number of nitrogens with zero attached hydrogens (tertiary/aromatic N) is 1. The smallest absolute Gasteiger partial charge is 0.427 e. The summed E-state index contributed by atoms with van der Waals surface area (Å²) in [5.41, 5.74) is 2.21. The quantitative estimate of drug-likeness (QED) is 0.574. The summed E-state index contributed by atoms with van der Waals surface area (Å²) in [5.74, 6) is -0.431. The highest BCUT2D eigenvalue weighted by Crippen LogP contribution is 2.42. The van der Waals surface area contributed by atoms with E-state index in [4.69, 9.17) is 27.9 Å². The molecule has 2 atom stereocenters. The number of amides is 2. The number of anilines is 1. The Morgan fingerprint density at radius 1 is 1.19 bits per heavy atom. The number of carbonyl (C=O) groups is 2. The monoisotopic (exact) mass is 393 g/mol. The Kier molecular flexibility index (Phi) is 5.23. The number of hydrogen-bond donors (Lipinski definition) is 1. The normalized spacial score (nSPS) is 19.6. The third kappa shape index (κ3) is 3.07. The number of nitrogens with one attached hydrogen (secondary N) is 1. The summed E-state index contributed by atoms with van der Waals surface area (Å²) in [6.45, 7) is 3.95. The molecule has 1 heterocycles. The van der Waals surface area contributed by atoms with Crippen molar-refractivity contribution >= 4 is 46.6 Å². The van der Waals surface area contributed by atoms with Crippen molar-refractivity contribution in [3.05, 3.63) is 58.1 Å². The van der Waals surface area contributed by atoms with E-state index in [2.05, 4.69) is 5.32 Å². The minimum atomic E-state index is -0.729. The molecule has 0 radical (unpaired) electrons. The number of rotatable bonds is 5. The number of para-hydroxylation sites is 2. The summed E-state index contributed by atoms with van der Waals surface area (Å²) in [7, 11) is 0. The van der Waals surface area contributed by atoms with Crippen LogP contribution in [0.15, 0.2) is 42.5 Å². The second-order valence-electron chi connectivity index (χ2n) is 6.15. The van der Waals surface area contributed by atoms with Gasteiger partial charge in [-0.2, -0.15) is 4.48 Å². The van der Waals surface area contributed by atoms with Gasteiger partial charge in [0, 0.05) is 11.6 Å². The minimum Gasteiger partial charge on any atom is -0.462 e. The molecule has 0 fully saturated rings. The first-order chi connectivity index (χ1) is 12.4. The van der Waals surface area contributed by atoms with Crippen LogP contribution >= 0.6 is 23.2 Å². The molecule has 1 aliphatic rings. The van der Waals surface area contributed by atoms with Crippen LogP contribution in [-0.4, -0.2) is 24.6 Å². The van der Waals surface area contributed by atoms with Gasteiger partial charge in [-0.3, -0.25) is 5.32 Å². The number of benzene rings is 2. The first-order valence-corrected chi connectivity index (χ1v) is 9.05. The fourth-order valence-corrected chi connectivity index (χ4v) is 3.62. The van der Waals surface area contributed by atoms with Crippen molar-refractivity contribution in [3.63, 3.8) is 0 Å². The predicted octanol–water partition coefficient (Wildman–Crippen LogP) is 5.00. The molecule has 1 aliphatic heterocycles. The second kappa shape index (κ2) is 7.27. The number of halogens is 2. The van der Waals surface area contributed by atoms with Crippen molar-refractivity contribution in [1.82, 2.24) is 4.48 Å². The number of fused-ring (bicyclic) bond motifs is 1. The zero-order valence-electron chi connectivity index (χ0n) is 14.5. The highest BCUT2D eigenvalue weighted by Gasteiger charge is 2.54. The van der Waals surface area contributed by atoms with E-state index >= 15 is 0 Å². The summed E-state index contributed by atoms with van der Waals surface area (Å²) in [6, 6.07) is 11.6. The van der Waals surface area contributed by atoms with Gasteiger partial charge in [0.2, 0.25) is 0 Å². The van der Waals surface area contributed by atoms with E-state index < -0.39 is 12.0 Å². The van der Waals surface area contributed by atoms with E-state index in [1.54, 1.807) is 32.0 Å². The van der Waals surface area contributed by atoms with Crippen LogP contribution in [-0.2, 0) is 16.1 Å². The molecule has 26 heavy (non-hydrogen) atoms. The number of esters is 1. The molecular formula is C19H19Cl2N2O3+. The van der Waals surface area contributed by atoms with Crippen LogP contribution in [0.4, 0.5) is 16.2 Å². The third-order valence-corrected chi connectivity index (χ3v) is 5.38. The van der Waals surface area contributed by atoms with Crippen LogP contribution in [0.3, 0.4) is 0 Å². The molecule has 0 aromatic heterocycles. The van der Waals surface area contributed by atoms with Crippen molar-refractivity contribution in [3.8, 4) is 0 Å². The highest BCUT2D eigenvalue weighted by molar-refractivity contribution is 6.42. The van der Waals surface area contributed by atoms with E-state index in [1.807, 2.05) is 24.3 Å². The van der Waals surface area contributed by atoms with Crippen molar-refractivity contribution in [2.45, 2.75) is 26.4 Å². The van der Waals surface area contributed by atoms with Crippen LogP contribution in [0.5, 0.6) is 0 Å². The summed E-state index contributed by atoms with van der Waals surface area (Å²) in [4.78, 5) is 25.6. The minimum absolute atomic E-state index is 0.215. The number of hydrogen-bond acceptors (Lipinski definition) is 3. The number of ether oxygens (including phenoxy) is 1. The van der Waals surface area contributed by atoms with E-state index in [9.17, 15) is 9.59 Å². The molecule has 2 aromatic carbocycles. The SMILES string of the molecule is CCOC(=O)C(C)[N+]1(Cc2ccc(Cl)c(Cl)c2)C(=O)Nc2ccccc21. The van der Waals surface area contributed by atoms with E-state index in [0.717, 1.165) is 11.3 Å². The third-order valence-electron chi connectivity index (χ3n) is 4.64. The molecule has 0 bridgehead atoms. The van der Waals surface area contributed by atoms with Gasteiger partial charge >= 0.3 is 12.0 Å². The molecule has 0 saturated heterocycles. The van der Waals surface area contributed by atoms with Gasteiger partial charge in [0.1, 0.15) is 12.2 Å². The van der Waals surface area contributed by atoms with Gasteiger partial charge in [0.15, 0.2) is 11.7 Å². The maximum atomic E-state index is 13.1. The summed E-state index contributed by atoms with van der Waals surface area (Å²) < 4.78 is 4.99. The van der Waals surface area contributed by atoms with Crippen molar-refractivity contribution < 1.29 is 14.3 Å². The fourth-order valence-electron chi connectivity index (χ4n) is 3.30. The van der Waals surface area contributed by atoms with Gasteiger partial charge in [-0.05, 0) is 32.0 Å². The van der Waals surface area contributed by atoms with E-state index in [-0.39, 0.29) is 23.7 Å². The van der Waals surface area contributed by atoms with Crippen molar-refractivity contribution in [2.75, 3.05) is 11.9 Å². The standard InChI is InChI=1S/C19H18Cl2N2O3/c1-3-26-18(24)12(2)23(11-13-8-9-14(20)15(21)10-13)17-7-5-4-6-16(17)22-19(23)25/h4-10,12H,3,11H2,1-2H3/p+1. The van der Waals surface area contributed by atoms with Crippen LogP contribution in [0, 0.1) is 0 Å². The number of quaternary nitrogens is 1. The largest absolute Gasteiger partial charge is 0.462 e. The average molecular weight is 394 g/mol. The lowest BCUT2D eigenvalue weighted by atomic mass is 10.1. The molecule has 2 amide bonds. The molecule has 3 rings (SSSR count). The molecule has 7 heteroatoms. The van der Waals surface area contributed by atoms with Gasteiger partial charge in [-0.25, -0.2) is 9.59 Å². The Balaban J connectivity index is 2.12. The average Bonchev–Trinajstić information content (AvgIpc) is 2.90. The van der Waals surface area contributed by atoms with Gasteiger partial charge in [-0.15, -0.1) is 0 Å². The molecule has 0 aliphatic carbocycles. The van der Waals surface area contributed by atoms with E-state index in [1.165, 1.54) is 0 Å². The molecule has 136 valence electrons.